The molecule has 0 aliphatic heterocycles. The summed E-state index contributed by atoms with van der Waals surface area (Å²) in [6.07, 6.45) is 6.62. The summed E-state index contributed by atoms with van der Waals surface area (Å²) in [6, 6.07) is 2.53. The first-order valence-corrected chi connectivity index (χ1v) is 8.97. The zero-order valence-electron chi connectivity index (χ0n) is 10.2. The van der Waals surface area contributed by atoms with Crippen LogP contribution in [0.5, 0.6) is 0 Å². The summed E-state index contributed by atoms with van der Waals surface area (Å²) in [5.74, 6) is 0. The fraction of sp³-hybridized carbons (Fsp3) is 0.692. The van der Waals surface area contributed by atoms with Crippen molar-refractivity contribution in [2.24, 2.45) is 5.73 Å². The summed E-state index contributed by atoms with van der Waals surface area (Å²) in [6.45, 7) is 2.19. The first kappa shape index (κ1) is 13.9. The Labute approximate surface area is 121 Å². The van der Waals surface area contributed by atoms with Crippen LogP contribution in [-0.4, -0.2) is 11.3 Å². The first-order valence-electron chi connectivity index (χ1n) is 6.35. The van der Waals surface area contributed by atoms with E-state index in [0.29, 0.717) is 5.25 Å². The Morgan fingerprint density at radius 3 is 2.76 bits per heavy atom. The van der Waals surface area contributed by atoms with Gasteiger partial charge in [0.1, 0.15) is 0 Å². The van der Waals surface area contributed by atoms with Gasteiger partial charge in [-0.05, 0) is 41.3 Å². The summed E-state index contributed by atoms with van der Waals surface area (Å²) < 4.78 is 1.19. The zero-order valence-corrected chi connectivity index (χ0v) is 13.4. The van der Waals surface area contributed by atoms with Gasteiger partial charge in [-0.2, -0.15) is 0 Å². The van der Waals surface area contributed by atoms with Gasteiger partial charge in [0.2, 0.25) is 0 Å². The molecule has 1 aliphatic rings. The van der Waals surface area contributed by atoms with Crippen molar-refractivity contribution >= 4 is 39.0 Å². The molecule has 1 nitrogen and oxygen atoms in total. The summed E-state index contributed by atoms with van der Waals surface area (Å²) in [4.78, 5) is 1.43. The molecule has 2 N–H and O–H groups in total. The van der Waals surface area contributed by atoms with Gasteiger partial charge in [-0.15, -0.1) is 23.1 Å². The van der Waals surface area contributed by atoms with E-state index >= 15 is 0 Å². The number of hydrogen-bond acceptors (Lipinski definition) is 3. The third kappa shape index (κ3) is 3.72. The van der Waals surface area contributed by atoms with Crippen molar-refractivity contribution in [1.82, 2.24) is 0 Å². The smallest absolute Gasteiger partial charge is 0.0545 e. The van der Waals surface area contributed by atoms with E-state index in [-0.39, 0.29) is 6.04 Å². The molecule has 0 spiro atoms. The van der Waals surface area contributed by atoms with Crippen molar-refractivity contribution in [3.63, 3.8) is 0 Å². The molecule has 0 saturated heterocycles. The van der Waals surface area contributed by atoms with Gasteiger partial charge in [-0.1, -0.05) is 19.8 Å². The van der Waals surface area contributed by atoms with Gasteiger partial charge >= 0.3 is 0 Å². The summed E-state index contributed by atoms with van der Waals surface area (Å²) in [5, 5.41) is 3.48. The molecule has 2 rings (SSSR count). The maximum absolute atomic E-state index is 6.31. The van der Waals surface area contributed by atoms with Gasteiger partial charge in [0.25, 0.3) is 0 Å². The van der Waals surface area contributed by atoms with E-state index in [1.807, 2.05) is 11.3 Å². The number of hydrogen-bond donors (Lipinski definition) is 1. The molecule has 1 saturated carbocycles. The molecular weight excluding hydrogens is 314 g/mol. The minimum Gasteiger partial charge on any atom is -0.326 e. The van der Waals surface area contributed by atoms with E-state index in [4.69, 9.17) is 5.73 Å². The molecule has 1 aromatic rings. The Morgan fingerprint density at radius 2 is 2.24 bits per heavy atom. The van der Waals surface area contributed by atoms with Gasteiger partial charge in [-0.25, -0.2) is 0 Å². The van der Waals surface area contributed by atoms with E-state index in [1.165, 1.54) is 35.0 Å². The largest absolute Gasteiger partial charge is 0.326 e. The second-order valence-electron chi connectivity index (χ2n) is 4.70. The molecule has 1 aliphatic carbocycles. The predicted molar refractivity (Wildman–Crippen MR) is 82.9 cm³/mol. The Hall–Kier alpha value is 0.490. The molecule has 0 aromatic carbocycles. The highest BCUT2D eigenvalue weighted by Gasteiger charge is 2.26. The average molecular weight is 334 g/mol. The van der Waals surface area contributed by atoms with Gasteiger partial charge in [0, 0.05) is 26.0 Å². The van der Waals surface area contributed by atoms with Crippen molar-refractivity contribution in [3.05, 3.63) is 20.8 Å². The van der Waals surface area contributed by atoms with E-state index in [2.05, 4.69) is 46.1 Å². The highest BCUT2D eigenvalue weighted by molar-refractivity contribution is 9.10. The third-order valence-electron chi connectivity index (χ3n) is 3.37. The van der Waals surface area contributed by atoms with Crippen molar-refractivity contribution in [2.45, 2.75) is 55.6 Å². The first-order chi connectivity index (χ1) is 8.20. The predicted octanol–water partition coefficient (Wildman–Crippen LogP) is 4.96. The third-order valence-corrected chi connectivity index (χ3v) is 7.05. The number of nitrogens with two attached hydrogens (primary N) is 1. The minimum absolute atomic E-state index is 0.283. The normalized spacial score (nSPS) is 20.6. The maximum Gasteiger partial charge on any atom is 0.0545 e. The topological polar surface area (TPSA) is 26.0 Å². The standard InChI is InChI=1S/C13H20BrNS2/c1-2-11(15)13(12-7-9(14)8-16-12)17-10-5-3-4-6-10/h7-8,10-11,13H,2-6,15H2,1H3. The summed E-state index contributed by atoms with van der Waals surface area (Å²) in [5.41, 5.74) is 6.31. The fourth-order valence-electron chi connectivity index (χ4n) is 2.30. The zero-order chi connectivity index (χ0) is 12.3. The molecule has 1 heterocycles. The number of thioether (sulfide) groups is 1. The van der Waals surface area contributed by atoms with Crippen molar-refractivity contribution in [3.8, 4) is 0 Å². The van der Waals surface area contributed by atoms with Crippen LogP contribution in [0.3, 0.4) is 0 Å². The van der Waals surface area contributed by atoms with Crippen molar-refractivity contribution in [2.75, 3.05) is 0 Å². The molecule has 1 aromatic heterocycles. The molecule has 17 heavy (non-hydrogen) atoms. The second kappa shape index (κ2) is 6.60. The quantitative estimate of drug-likeness (QED) is 0.823. The van der Waals surface area contributed by atoms with E-state index in [0.717, 1.165) is 11.7 Å². The lowest BCUT2D eigenvalue weighted by molar-refractivity contribution is 0.636. The molecule has 2 atom stereocenters. The molecule has 0 amide bonds. The highest BCUT2D eigenvalue weighted by atomic mass is 79.9. The number of halogens is 1. The maximum atomic E-state index is 6.31. The lowest BCUT2D eigenvalue weighted by atomic mass is 10.1. The molecule has 1 fully saturated rings. The molecule has 0 bridgehead atoms. The van der Waals surface area contributed by atoms with Gasteiger partial charge < -0.3 is 5.73 Å². The van der Waals surface area contributed by atoms with Crippen LogP contribution in [0, 0.1) is 0 Å². The van der Waals surface area contributed by atoms with E-state index < -0.39 is 0 Å². The Kier molecular flexibility index (Phi) is 5.40. The van der Waals surface area contributed by atoms with Crippen molar-refractivity contribution < 1.29 is 0 Å². The number of thiophene rings is 1. The highest BCUT2D eigenvalue weighted by Crippen LogP contribution is 2.43. The van der Waals surface area contributed by atoms with E-state index in [1.54, 1.807) is 0 Å². The second-order valence-corrected chi connectivity index (χ2v) is 8.01. The Morgan fingerprint density at radius 1 is 1.53 bits per heavy atom. The monoisotopic (exact) mass is 333 g/mol. The lowest BCUT2D eigenvalue weighted by Gasteiger charge is -2.24. The molecule has 0 radical (unpaired) electrons. The van der Waals surface area contributed by atoms with Crippen molar-refractivity contribution in [1.29, 1.82) is 0 Å². The molecular formula is C13H20BrNS2. The minimum atomic E-state index is 0.283. The van der Waals surface area contributed by atoms with Crippen LogP contribution < -0.4 is 5.73 Å². The van der Waals surface area contributed by atoms with Gasteiger partial charge in [0.05, 0.1) is 5.25 Å². The van der Waals surface area contributed by atoms with Crippen LogP contribution >= 0.6 is 39.0 Å². The Bertz CT molecular complexity index is 347. The SMILES string of the molecule is CCC(N)C(SC1CCCC1)c1cc(Br)cs1. The van der Waals surface area contributed by atoms with Crippen LogP contribution in [-0.2, 0) is 0 Å². The van der Waals surface area contributed by atoms with Crippen LogP contribution in [0.4, 0.5) is 0 Å². The molecule has 96 valence electrons. The lowest BCUT2D eigenvalue weighted by Crippen LogP contribution is -2.26. The van der Waals surface area contributed by atoms with Crippen LogP contribution in [0.25, 0.3) is 0 Å². The van der Waals surface area contributed by atoms with E-state index in [9.17, 15) is 0 Å². The Balaban J connectivity index is 2.07. The fourth-order valence-corrected chi connectivity index (χ4v) is 5.75. The van der Waals surface area contributed by atoms with Crippen LogP contribution in [0.15, 0.2) is 15.9 Å². The molecule has 4 heteroatoms. The van der Waals surface area contributed by atoms with Crippen LogP contribution in [0.2, 0.25) is 0 Å². The van der Waals surface area contributed by atoms with Gasteiger partial charge in [0.15, 0.2) is 0 Å². The summed E-state index contributed by atoms with van der Waals surface area (Å²) >= 11 is 7.50. The van der Waals surface area contributed by atoms with Crippen LogP contribution in [0.1, 0.15) is 49.2 Å². The number of rotatable bonds is 5. The molecule has 2 unspecified atom stereocenters. The average Bonchev–Trinajstić information content (AvgIpc) is 2.96. The van der Waals surface area contributed by atoms with Gasteiger partial charge in [-0.3, -0.25) is 0 Å². The summed E-state index contributed by atoms with van der Waals surface area (Å²) in [7, 11) is 0.